The molecule has 1 fully saturated rings. The highest BCUT2D eigenvalue weighted by Crippen LogP contribution is 2.35. The van der Waals surface area contributed by atoms with Gasteiger partial charge in [0, 0.05) is 35.9 Å². The monoisotopic (exact) mass is 481 g/mol. The van der Waals surface area contributed by atoms with Crippen LogP contribution in [0.5, 0.6) is 5.75 Å². The standard InChI is InChI=1S/C22H22Cl2FN3O4/c1-10-3-4-11(2)28-16(10)9-27-8-13(19(29)20(30)18(27)22(28)32)21(31)26-7-12-14(23)5-6-15(24)17(12)25/h5-6,8,10-11,16,30H,3-4,7,9H2,1-2H3,(H,26,31)/t10-,11+,16-/m0/s1. The van der Waals surface area contributed by atoms with Gasteiger partial charge in [0.1, 0.15) is 11.4 Å². The van der Waals surface area contributed by atoms with Gasteiger partial charge in [-0.2, -0.15) is 0 Å². The molecule has 2 amide bonds. The van der Waals surface area contributed by atoms with Gasteiger partial charge in [-0.15, -0.1) is 0 Å². The normalized spacial score (nSPS) is 22.3. The lowest BCUT2D eigenvalue weighted by molar-refractivity contribution is 0.0198. The summed E-state index contributed by atoms with van der Waals surface area (Å²) >= 11 is 11.8. The van der Waals surface area contributed by atoms with Crippen LogP contribution in [0.3, 0.4) is 0 Å². The summed E-state index contributed by atoms with van der Waals surface area (Å²) in [5.41, 5.74) is -1.45. The third-order valence-electron chi connectivity index (χ3n) is 6.42. The van der Waals surface area contributed by atoms with E-state index in [9.17, 15) is 23.9 Å². The summed E-state index contributed by atoms with van der Waals surface area (Å²) in [6.45, 7) is 4.05. The molecule has 0 unspecified atom stereocenters. The number of carbonyl (C=O) groups is 2. The molecule has 1 aromatic heterocycles. The summed E-state index contributed by atoms with van der Waals surface area (Å²) < 4.78 is 15.7. The molecule has 0 spiro atoms. The molecule has 2 aliphatic heterocycles. The molecule has 10 heteroatoms. The number of nitrogens with one attached hydrogen (secondary N) is 1. The molecule has 4 rings (SSSR count). The van der Waals surface area contributed by atoms with Crippen LogP contribution in [0.4, 0.5) is 4.39 Å². The molecule has 0 bridgehead atoms. The molecule has 2 aromatic rings. The Morgan fingerprint density at radius 3 is 2.62 bits per heavy atom. The molecule has 170 valence electrons. The Bertz CT molecular complexity index is 1180. The van der Waals surface area contributed by atoms with Crippen molar-refractivity contribution < 1.29 is 19.1 Å². The lowest BCUT2D eigenvalue weighted by Crippen LogP contribution is -2.57. The minimum absolute atomic E-state index is 0.00716. The Kier molecular flexibility index (Phi) is 5.94. The fraction of sp³-hybridized carbons (Fsp3) is 0.409. The Morgan fingerprint density at radius 1 is 1.22 bits per heavy atom. The van der Waals surface area contributed by atoms with Crippen LogP contribution in [0.1, 0.15) is 53.1 Å². The quantitative estimate of drug-likeness (QED) is 0.655. The predicted octanol–water partition coefficient (Wildman–Crippen LogP) is 3.57. The van der Waals surface area contributed by atoms with Crippen molar-refractivity contribution in [3.8, 4) is 5.75 Å². The maximum atomic E-state index is 14.2. The van der Waals surface area contributed by atoms with E-state index < -0.39 is 28.8 Å². The summed E-state index contributed by atoms with van der Waals surface area (Å²) in [5, 5.41) is 12.9. The Balaban J connectivity index is 1.66. The number of fused-ring (bicyclic) bond motifs is 2. The number of carbonyl (C=O) groups excluding carboxylic acids is 2. The molecule has 2 aliphatic rings. The van der Waals surface area contributed by atoms with Gasteiger partial charge in [-0.1, -0.05) is 30.1 Å². The van der Waals surface area contributed by atoms with Crippen LogP contribution in [0.2, 0.25) is 10.0 Å². The fourth-order valence-corrected chi connectivity index (χ4v) is 4.94. The van der Waals surface area contributed by atoms with Crippen molar-refractivity contribution in [2.24, 2.45) is 5.92 Å². The van der Waals surface area contributed by atoms with E-state index in [0.29, 0.717) is 6.54 Å². The largest absolute Gasteiger partial charge is 0.503 e. The van der Waals surface area contributed by atoms with Crippen molar-refractivity contribution in [2.75, 3.05) is 0 Å². The molecular weight excluding hydrogens is 460 g/mol. The van der Waals surface area contributed by atoms with Gasteiger partial charge in [0.25, 0.3) is 11.8 Å². The SMILES string of the molecule is C[C@@H]1CC[C@H](C)[C@@H]2Cn3cc(C(=O)NCc4c(Cl)ccc(Cl)c4F)c(=O)c(O)c3C(=O)N12. The van der Waals surface area contributed by atoms with Gasteiger partial charge in [0.05, 0.1) is 11.1 Å². The molecule has 3 heterocycles. The molecule has 0 radical (unpaired) electrons. The lowest BCUT2D eigenvalue weighted by atomic mass is 9.85. The van der Waals surface area contributed by atoms with Crippen molar-refractivity contribution in [3.63, 3.8) is 0 Å². The van der Waals surface area contributed by atoms with Crippen LogP contribution in [-0.4, -0.2) is 38.5 Å². The Morgan fingerprint density at radius 2 is 1.91 bits per heavy atom. The molecule has 1 aromatic carbocycles. The number of benzene rings is 1. The number of hydrogen-bond acceptors (Lipinski definition) is 4. The van der Waals surface area contributed by atoms with Gasteiger partial charge in [-0.25, -0.2) is 4.39 Å². The Labute approximate surface area is 193 Å². The van der Waals surface area contributed by atoms with Crippen molar-refractivity contribution in [1.29, 1.82) is 0 Å². The minimum atomic E-state index is -0.962. The number of halogens is 3. The first-order valence-electron chi connectivity index (χ1n) is 10.3. The summed E-state index contributed by atoms with van der Waals surface area (Å²) in [6.07, 6.45) is 3.08. The second-order valence-corrected chi connectivity index (χ2v) is 9.22. The zero-order valence-electron chi connectivity index (χ0n) is 17.5. The van der Waals surface area contributed by atoms with E-state index in [1.807, 2.05) is 6.92 Å². The second-order valence-electron chi connectivity index (χ2n) is 8.41. The highest BCUT2D eigenvalue weighted by molar-refractivity contribution is 6.33. The zero-order valence-corrected chi connectivity index (χ0v) is 19.0. The minimum Gasteiger partial charge on any atom is -0.503 e. The van der Waals surface area contributed by atoms with E-state index in [4.69, 9.17) is 23.2 Å². The summed E-state index contributed by atoms with van der Waals surface area (Å²) in [7, 11) is 0. The fourth-order valence-electron chi connectivity index (χ4n) is 4.55. The molecule has 3 atom stereocenters. The number of aromatic nitrogens is 1. The molecule has 2 N–H and O–H groups in total. The highest BCUT2D eigenvalue weighted by atomic mass is 35.5. The molecule has 7 nitrogen and oxygen atoms in total. The maximum Gasteiger partial charge on any atom is 0.275 e. The number of pyridine rings is 1. The van der Waals surface area contributed by atoms with E-state index >= 15 is 0 Å². The van der Waals surface area contributed by atoms with E-state index in [2.05, 4.69) is 12.2 Å². The van der Waals surface area contributed by atoms with Crippen LogP contribution in [0, 0.1) is 11.7 Å². The molecule has 0 saturated carbocycles. The number of piperidine rings is 1. The number of aromatic hydroxyl groups is 1. The smallest absolute Gasteiger partial charge is 0.275 e. The van der Waals surface area contributed by atoms with E-state index in [1.165, 1.54) is 22.9 Å². The molecule has 1 saturated heterocycles. The van der Waals surface area contributed by atoms with Gasteiger partial charge in [0.15, 0.2) is 11.4 Å². The first kappa shape index (κ1) is 22.6. The predicted molar refractivity (Wildman–Crippen MR) is 118 cm³/mol. The van der Waals surface area contributed by atoms with Gasteiger partial charge in [0.2, 0.25) is 5.43 Å². The van der Waals surface area contributed by atoms with Crippen LogP contribution < -0.4 is 10.7 Å². The van der Waals surface area contributed by atoms with Crippen molar-refractivity contribution in [2.45, 2.75) is 51.9 Å². The maximum absolute atomic E-state index is 14.2. The van der Waals surface area contributed by atoms with Gasteiger partial charge in [-0.05, 0) is 37.8 Å². The van der Waals surface area contributed by atoms with Crippen LogP contribution in [-0.2, 0) is 13.1 Å². The average Bonchev–Trinajstić information content (AvgIpc) is 2.75. The zero-order chi connectivity index (χ0) is 23.3. The first-order valence-corrected chi connectivity index (χ1v) is 11.1. The van der Waals surface area contributed by atoms with Crippen LogP contribution in [0.15, 0.2) is 23.1 Å². The topological polar surface area (TPSA) is 91.6 Å². The van der Waals surface area contributed by atoms with Crippen molar-refractivity contribution in [3.05, 3.63) is 61.2 Å². The lowest BCUT2D eigenvalue weighted by Gasteiger charge is -2.47. The summed E-state index contributed by atoms with van der Waals surface area (Å²) in [6, 6.07) is 2.59. The number of rotatable bonds is 3. The van der Waals surface area contributed by atoms with Gasteiger partial charge >= 0.3 is 0 Å². The van der Waals surface area contributed by atoms with Gasteiger partial charge in [-0.3, -0.25) is 14.4 Å². The summed E-state index contributed by atoms with van der Waals surface area (Å²) in [5.74, 6) is -2.55. The first-order chi connectivity index (χ1) is 15.1. The average molecular weight is 482 g/mol. The van der Waals surface area contributed by atoms with E-state index in [-0.39, 0.29) is 51.4 Å². The number of amides is 2. The van der Waals surface area contributed by atoms with Crippen molar-refractivity contribution in [1.82, 2.24) is 14.8 Å². The molecule has 32 heavy (non-hydrogen) atoms. The third kappa shape index (κ3) is 3.65. The van der Waals surface area contributed by atoms with Crippen LogP contribution >= 0.6 is 23.2 Å². The Hall–Kier alpha value is -2.58. The molecular formula is C22H22Cl2FN3O4. The second kappa shape index (κ2) is 8.41. The van der Waals surface area contributed by atoms with E-state index in [1.54, 1.807) is 4.90 Å². The van der Waals surface area contributed by atoms with Crippen molar-refractivity contribution >= 4 is 35.0 Å². The highest BCUT2D eigenvalue weighted by Gasteiger charge is 2.42. The third-order valence-corrected chi connectivity index (χ3v) is 7.06. The molecule has 0 aliphatic carbocycles. The number of hydrogen-bond donors (Lipinski definition) is 2. The van der Waals surface area contributed by atoms with Gasteiger partial charge < -0.3 is 19.9 Å². The van der Waals surface area contributed by atoms with Crippen LogP contribution in [0.25, 0.3) is 0 Å². The number of nitrogens with zero attached hydrogens (tertiary/aromatic N) is 2. The van der Waals surface area contributed by atoms with E-state index in [0.717, 1.165) is 12.8 Å². The summed E-state index contributed by atoms with van der Waals surface area (Å²) in [4.78, 5) is 40.3.